The number of thiophene rings is 1. The lowest BCUT2D eigenvalue weighted by Crippen LogP contribution is -2.45. The number of rotatable bonds is 6. The van der Waals surface area contributed by atoms with Gasteiger partial charge in [-0.05, 0) is 29.5 Å². The number of nitrogens with one attached hydrogen (secondary N) is 1. The molecule has 0 bridgehead atoms. The Labute approximate surface area is 170 Å². The highest BCUT2D eigenvalue weighted by Crippen LogP contribution is 2.26. The lowest BCUT2D eigenvalue weighted by atomic mass is 10.1. The average Bonchev–Trinajstić information content (AvgIpc) is 3.35. The minimum atomic E-state index is -1.22. The van der Waals surface area contributed by atoms with Gasteiger partial charge in [-0.3, -0.25) is 10.1 Å². The third-order valence-electron chi connectivity index (χ3n) is 3.88. The van der Waals surface area contributed by atoms with E-state index in [9.17, 15) is 14.4 Å². The predicted octanol–water partition coefficient (Wildman–Crippen LogP) is 2.37. The third kappa shape index (κ3) is 4.66. The number of amides is 3. The lowest BCUT2D eigenvalue weighted by Gasteiger charge is -2.18. The first kappa shape index (κ1) is 20.2. The number of para-hydroxylation sites is 1. The van der Waals surface area contributed by atoms with Crippen molar-refractivity contribution in [3.05, 3.63) is 53.7 Å². The number of nitrogens with two attached hydrogens (primary N) is 1. The number of primary amides is 1. The molecular formula is C19H19N5O4S. The molecular weight excluding hydrogens is 394 g/mol. The van der Waals surface area contributed by atoms with Gasteiger partial charge in [0.05, 0.1) is 10.6 Å². The number of nitrogens with zero attached hydrogens (tertiary/aromatic N) is 3. The second kappa shape index (κ2) is 8.65. The van der Waals surface area contributed by atoms with Crippen LogP contribution in [0.15, 0.2) is 47.8 Å². The van der Waals surface area contributed by atoms with Crippen LogP contribution in [0, 0.1) is 5.92 Å². The summed E-state index contributed by atoms with van der Waals surface area (Å²) in [5.74, 6) is -1.81. The molecule has 2 aromatic heterocycles. The van der Waals surface area contributed by atoms with Crippen LogP contribution in [0.25, 0.3) is 16.4 Å². The number of carbonyl (C=O) groups excluding carboxylic acids is 3. The minimum absolute atomic E-state index is 0.199. The molecule has 150 valence electrons. The molecule has 0 aliphatic rings. The highest BCUT2D eigenvalue weighted by molar-refractivity contribution is 7.13. The average molecular weight is 413 g/mol. The predicted molar refractivity (Wildman–Crippen MR) is 106 cm³/mol. The van der Waals surface area contributed by atoms with Crippen molar-refractivity contribution in [3.8, 4) is 16.4 Å². The van der Waals surface area contributed by atoms with Crippen LogP contribution < -0.4 is 11.1 Å². The number of aromatic nitrogens is 3. The largest absolute Gasteiger partial charge is 0.446 e. The molecule has 2 heterocycles. The molecule has 3 aromatic rings. The van der Waals surface area contributed by atoms with E-state index in [1.807, 2.05) is 53.2 Å². The number of urea groups is 1. The molecule has 9 nitrogen and oxygen atoms in total. The van der Waals surface area contributed by atoms with E-state index in [2.05, 4.69) is 10.1 Å². The maximum absolute atomic E-state index is 12.7. The second-order valence-corrected chi connectivity index (χ2v) is 7.35. The van der Waals surface area contributed by atoms with Gasteiger partial charge in [-0.1, -0.05) is 38.1 Å². The summed E-state index contributed by atoms with van der Waals surface area (Å²) in [5, 5.41) is 8.10. The number of ether oxygens (including phenoxy) is 1. The third-order valence-corrected chi connectivity index (χ3v) is 4.74. The smallest absolute Gasteiger partial charge is 0.379 e. The molecule has 3 amide bonds. The van der Waals surface area contributed by atoms with Crippen molar-refractivity contribution in [1.82, 2.24) is 20.1 Å². The van der Waals surface area contributed by atoms with Crippen LogP contribution in [0.2, 0.25) is 0 Å². The standard InChI is InChI=1S/C19H19N5O4S/c1-11(2)14(17(25)22-19(20)27)28-18(26)15-21-16(13-9-6-10-29-13)24(23-15)12-7-4-3-5-8-12/h3-11,14H,1-2H3,(H3,20,22,25,27). The molecule has 0 spiro atoms. The monoisotopic (exact) mass is 413 g/mol. The molecule has 0 radical (unpaired) electrons. The second-order valence-electron chi connectivity index (χ2n) is 6.41. The number of esters is 1. The minimum Gasteiger partial charge on any atom is -0.446 e. The number of benzene rings is 1. The van der Waals surface area contributed by atoms with Gasteiger partial charge >= 0.3 is 12.0 Å². The number of hydrogen-bond donors (Lipinski definition) is 2. The molecule has 0 saturated heterocycles. The summed E-state index contributed by atoms with van der Waals surface area (Å²) in [4.78, 5) is 40.9. The van der Waals surface area contributed by atoms with Gasteiger partial charge in [0.25, 0.3) is 11.7 Å². The van der Waals surface area contributed by atoms with Gasteiger partial charge in [0.2, 0.25) is 0 Å². The Balaban J connectivity index is 1.93. The van der Waals surface area contributed by atoms with Crippen LogP contribution in [-0.4, -0.2) is 38.8 Å². The van der Waals surface area contributed by atoms with E-state index in [-0.39, 0.29) is 5.82 Å². The number of imide groups is 1. The maximum atomic E-state index is 12.7. The van der Waals surface area contributed by atoms with E-state index in [1.54, 1.807) is 13.8 Å². The van der Waals surface area contributed by atoms with E-state index in [0.29, 0.717) is 11.5 Å². The first-order chi connectivity index (χ1) is 13.9. The molecule has 0 saturated carbocycles. The summed E-state index contributed by atoms with van der Waals surface area (Å²) < 4.78 is 6.83. The van der Waals surface area contributed by atoms with Crippen molar-refractivity contribution in [2.75, 3.05) is 0 Å². The van der Waals surface area contributed by atoms with Crippen LogP contribution in [0.1, 0.15) is 24.5 Å². The summed E-state index contributed by atoms with van der Waals surface area (Å²) in [6.07, 6.45) is -1.22. The summed E-state index contributed by atoms with van der Waals surface area (Å²) in [7, 11) is 0. The van der Waals surface area contributed by atoms with Crippen LogP contribution in [0.3, 0.4) is 0 Å². The first-order valence-electron chi connectivity index (χ1n) is 8.74. The van der Waals surface area contributed by atoms with Crippen molar-refractivity contribution < 1.29 is 19.1 Å². The summed E-state index contributed by atoms with van der Waals surface area (Å²) in [6, 6.07) is 11.9. The Hall–Kier alpha value is -3.53. The summed E-state index contributed by atoms with van der Waals surface area (Å²) in [5.41, 5.74) is 5.69. The van der Waals surface area contributed by atoms with Gasteiger partial charge in [0.15, 0.2) is 11.9 Å². The Kier molecular flexibility index (Phi) is 6.03. The van der Waals surface area contributed by atoms with Crippen molar-refractivity contribution >= 4 is 29.2 Å². The fourth-order valence-corrected chi connectivity index (χ4v) is 3.26. The highest BCUT2D eigenvalue weighted by Gasteiger charge is 2.30. The zero-order valence-electron chi connectivity index (χ0n) is 15.7. The van der Waals surface area contributed by atoms with E-state index in [0.717, 1.165) is 4.88 Å². The van der Waals surface area contributed by atoms with E-state index < -0.39 is 29.9 Å². The molecule has 1 unspecified atom stereocenters. The quantitative estimate of drug-likeness (QED) is 0.597. The molecule has 3 rings (SSSR count). The fraction of sp³-hybridized carbons (Fsp3) is 0.211. The van der Waals surface area contributed by atoms with E-state index in [4.69, 9.17) is 10.5 Å². The van der Waals surface area contributed by atoms with Crippen LogP contribution in [0.5, 0.6) is 0 Å². The summed E-state index contributed by atoms with van der Waals surface area (Å²) in [6.45, 7) is 3.34. The van der Waals surface area contributed by atoms with Crippen LogP contribution in [0.4, 0.5) is 4.79 Å². The maximum Gasteiger partial charge on any atom is 0.379 e. The Morgan fingerprint density at radius 2 is 1.86 bits per heavy atom. The van der Waals surface area contributed by atoms with Crippen molar-refractivity contribution in [2.24, 2.45) is 11.7 Å². The number of hydrogen-bond acceptors (Lipinski definition) is 7. The molecule has 0 fully saturated rings. The van der Waals surface area contributed by atoms with Gasteiger partial charge in [-0.15, -0.1) is 16.4 Å². The van der Waals surface area contributed by atoms with Crippen LogP contribution in [-0.2, 0) is 9.53 Å². The van der Waals surface area contributed by atoms with Gasteiger partial charge < -0.3 is 10.5 Å². The molecule has 1 aromatic carbocycles. The Morgan fingerprint density at radius 3 is 2.45 bits per heavy atom. The molecule has 1 atom stereocenters. The van der Waals surface area contributed by atoms with Crippen LogP contribution >= 0.6 is 11.3 Å². The van der Waals surface area contributed by atoms with E-state index in [1.165, 1.54) is 16.0 Å². The highest BCUT2D eigenvalue weighted by atomic mass is 32.1. The Morgan fingerprint density at radius 1 is 1.14 bits per heavy atom. The first-order valence-corrected chi connectivity index (χ1v) is 9.62. The van der Waals surface area contributed by atoms with E-state index >= 15 is 0 Å². The molecule has 0 aliphatic heterocycles. The van der Waals surface area contributed by atoms with Gasteiger partial charge in [-0.2, -0.15) is 4.98 Å². The summed E-state index contributed by atoms with van der Waals surface area (Å²) >= 11 is 1.45. The topological polar surface area (TPSA) is 129 Å². The van der Waals surface area contributed by atoms with Crippen molar-refractivity contribution in [2.45, 2.75) is 20.0 Å². The van der Waals surface area contributed by atoms with Gasteiger partial charge in [-0.25, -0.2) is 14.3 Å². The molecule has 10 heteroatoms. The van der Waals surface area contributed by atoms with Crippen molar-refractivity contribution in [3.63, 3.8) is 0 Å². The normalized spacial score (nSPS) is 11.8. The zero-order valence-corrected chi connectivity index (χ0v) is 16.6. The molecule has 0 aliphatic carbocycles. The Bertz CT molecular complexity index is 1010. The van der Waals surface area contributed by atoms with Crippen molar-refractivity contribution in [1.29, 1.82) is 0 Å². The fourth-order valence-electron chi connectivity index (χ4n) is 2.57. The zero-order chi connectivity index (χ0) is 21.0. The van der Waals surface area contributed by atoms with Gasteiger partial charge in [0, 0.05) is 0 Å². The molecule has 29 heavy (non-hydrogen) atoms. The number of carbonyl (C=O) groups is 3. The lowest BCUT2D eigenvalue weighted by molar-refractivity contribution is -0.130. The van der Waals surface area contributed by atoms with Gasteiger partial charge in [0.1, 0.15) is 0 Å². The SMILES string of the molecule is CC(C)C(OC(=O)c1nc(-c2cccs2)n(-c2ccccc2)n1)C(=O)NC(N)=O. The molecule has 3 N–H and O–H groups in total.